The number of aromatic nitrogens is 1. The van der Waals surface area contributed by atoms with E-state index in [9.17, 15) is 9.59 Å². The number of carbonyl (C=O) groups excluding carboxylic acids is 2. The Kier molecular flexibility index (Phi) is 3.66. The van der Waals surface area contributed by atoms with Gasteiger partial charge < -0.3 is 5.32 Å². The van der Waals surface area contributed by atoms with Crippen molar-refractivity contribution >= 4 is 22.6 Å². The van der Waals surface area contributed by atoms with E-state index in [1.165, 1.54) is 4.90 Å². The van der Waals surface area contributed by atoms with E-state index in [0.29, 0.717) is 19.4 Å². The minimum Gasteiger partial charge on any atom is -0.302 e. The molecule has 0 spiro atoms. The van der Waals surface area contributed by atoms with Gasteiger partial charge in [0.1, 0.15) is 0 Å². The van der Waals surface area contributed by atoms with Gasteiger partial charge in [0, 0.05) is 37.8 Å². The number of fused-ring (bicyclic) bond motifs is 1. The lowest BCUT2D eigenvalue weighted by Gasteiger charge is -2.28. The first-order valence-corrected chi connectivity index (χ1v) is 7.02. The van der Waals surface area contributed by atoms with Gasteiger partial charge in [0.15, 0.2) is 0 Å². The average molecular weight is 283 g/mol. The highest BCUT2D eigenvalue weighted by Crippen LogP contribution is 2.18. The van der Waals surface area contributed by atoms with Crippen LogP contribution in [-0.2, 0) is 16.1 Å². The zero-order valence-corrected chi connectivity index (χ0v) is 11.9. The molecule has 1 atom stereocenters. The molecule has 1 aliphatic heterocycles. The second-order valence-corrected chi connectivity index (χ2v) is 5.28. The second-order valence-electron chi connectivity index (χ2n) is 5.28. The highest BCUT2D eigenvalue weighted by Gasteiger charge is 2.31. The molecule has 0 radical (unpaired) electrons. The standard InChI is InChI=1S/C16H17N3O2/c1-19-15(20)6-5-14(16(19)21)18-10-12-4-2-3-11-9-17-8-7-13(11)12/h2-4,7-9,14,18H,5-6,10H2,1H3. The first-order valence-electron chi connectivity index (χ1n) is 7.02. The summed E-state index contributed by atoms with van der Waals surface area (Å²) in [4.78, 5) is 28.9. The fraction of sp³-hybridized carbons (Fsp3) is 0.312. The van der Waals surface area contributed by atoms with Crippen LogP contribution in [0.3, 0.4) is 0 Å². The van der Waals surface area contributed by atoms with Crippen molar-refractivity contribution in [2.75, 3.05) is 7.05 Å². The van der Waals surface area contributed by atoms with Gasteiger partial charge in [-0.1, -0.05) is 18.2 Å². The van der Waals surface area contributed by atoms with Crippen LogP contribution >= 0.6 is 0 Å². The van der Waals surface area contributed by atoms with Crippen molar-refractivity contribution in [3.05, 3.63) is 42.2 Å². The van der Waals surface area contributed by atoms with Gasteiger partial charge in [0.05, 0.1) is 6.04 Å². The number of likely N-dealkylation sites (N-methyl/N-ethyl adjacent to an activating group) is 1. The summed E-state index contributed by atoms with van der Waals surface area (Å²) in [5, 5.41) is 5.48. The first-order chi connectivity index (χ1) is 10.2. The number of benzene rings is 1. The SMILES string of the molecule is CN1C(=O)CCC(NCc2cccc3cnccc23)C1=O. The number of piperidine rings is 1. The van der Waals surface area contributed by atoms with Crippen LogP contribution < -0.4 is 5.32 Å². The summed E-state index contributed by atoms with van der Waals surface area (Å²) in [5.74, 6) is -0.248. The van der Waals surface area contributed by atoms with E-state index in [-0.39, 0.29) is 17.9 Å². The van der Waals surface area contributed by atoms with E-state index in [1.807, 2.05) is 30.5 Å². The number of likely N-dealkylation sites (tertiary alicyclic amines) is 1. The zero-order chi connectivity index (χ0) is 14.8. The lowest BCUT2D eigenvalue weighted by Crippen LogP contribution is -2.51. The Hall–Kier alpha value is -2.27. The number of hydrogen-bond donors (Lipinski definition) is 1. The molecule has 21 heavy (non-hydrogen) atoms. The van der Waals surface area contributed by atoms with E-state index in [2.05, 4.69) is 10.3 Å². The molecule has 1 N–H and O–H groups in total. The molecule has 1 aromatic carbocycles. The summed E-state index contributed by atoms with van der Waals surface area (Å²) in [6, 6.07) is 7.73. The van der Waals surface area contributed by atoms with Gasteiger partial charge in [-0.15, -0.1) is 0 Å². The van der Waals surface area contributed by atoms with Gasteiger partial charge in [-0.3, -0.25) is 19.5 Å². The summed E-state index contributed by atoms with van der Waals surface area (Å²) in [6.45, 7) is 0.597. The molecule has 1 fully saturated rings. The van der Waals surface area contributed by atoms with Gasteiger partial charge >= 0.3 is 0 Å². The Morgan fingerprint density at radius 3 is 3.05 bits per heavy atom. The van der Waals surface area contributed by atoms with E-state index in [4.69, 9.17) is 0 Å². The molecule has 2 heterocycles. The number of pyridine rings is 1. The predicted octanol–water partition coefficient (Wildman–Crippen LogP) is 1.47. The van der Waals surface area contributed by atoms with Crippen molar-refractivity contribution < 1.29 is 9.59 Å². The van der Waals surface area contributed by atoms with Crippen molar-refractivity contribution in [3.8, 4) is 0 Å². The number of rotatable bonds is 3. The molecule has 2 aromatic rings. The fourth-order valence-corrected chi connectivity index (χ4v) is 2.68. The topological polar surface area (TPSA) is 62.3 Å². The molecule has 0 saturated carbocycles. The van der Waals surface area contributed by atoms with Crippen LogP contribution in [0.2, 0.25) is 0 Å². The first kappa shape index (κ1) is 13.7. The van der Waals surface area contributed by atoms with E-state index in [1.54, 1.807) is 13.2 Å². The van der Waals surface area contributed by atoms with Crippen molar-refractivity contribution in [2.24, 2.45) is 0 Å². The number of carbonyl (C=O) groups is 2. The van der Waals surface area contributed by atoms with Crippen LogP contribution in [0.25, 0.3) is 10.8 Å². The van der Waals surface area contributed by atoms with E-state index < -0.39 is 0 Å². The number of nitrogens with zero attached hydrogens (tertiary/aromatic N) is 2. The van der Waals surface area contributed by atoms with Crippen LogP contribution in [-0.4, -0.2) is 34.8 Å². The number of nitrogens with one attached hydrogen (secondary N) is 1. The maximum absolute atomic E-state index is 12.1. The Morgan fingerprint density at radius 1 is 1.33 bits per heavy atom. The number of amides is 2. The van der Waals surface area contributed by atoms with Crippen LogP contribution in [0.15, 0.2) is 36.7 Å². The van der Waals surface area contributed by atoms with Gasteiger partial charge in [-0.05, 0) is 23.4 Å². The molecule has 5 heteroatoms. The van der Waals surface area contributed by atoms with E-state index in [0.717, 1.165) is 16.3 Å². The molecule has 5 nitrogen and oxygen atoms in total. The van der Waals surface area contributed by atoms with Gasteiger partial charge in [-0.25, -0.2) is 0 Å². The smallest absolute Gasteiger partial charge is 0.246 e. The third-order valence-corrected chi connectivity index (χ3v) is 3.96. The van der Waals surface area contributed by atoms with Crippen LogP contribution in [0, 0.1) is 0 Å². The Bertz CT molecular complexity index is 693. The minimum atomic E-state index is -0.287. The fourth-order valence-electron chi connectivity index (χ4n) is 2.68. The molecule has 1 aliphatic rings. The largest absolute Gasteiger partial charge is 0.302 e. The highest BCUT2D eigenvalue weighted by atomic mass is 16.2. The molecule has 0 bridgehead atoms. The van der Waals surface area contributed by atoms with Gasteiger partial charge in [0.25, 0.3) is 0 Å². The molecule has 0 aliphatic carbocycles. The summed E-state index contributed by atoms with van der Waals surface area (Å²) >= 11 is 0. The zero-order valence-electron chi connectivity index (χ0n) is 11.9. The lowest BCUT2D eigenvalue weighted by molar-refractivity contribution is -0.148. The van der Waals surface area contributed by atoms with Crippen molar-refractivity contribution in [1.29, 1.82) is 0 Å². The van der Waals surface area contributed by atoms with E-state index >= 15 is 0 Å². The summed E-state index contributed by atoms with van der Waals surface area (Å²) in [7, 11) is 1.54. The maximum Gasteiger partial charge on any atom is 0.246 e. The van der Waals surface area contributed by atoms with Gasteiger partial charge in [-0.2, -0.15) is 0 Å². The molecular weight excluding hydrogens is 266 g/mol. The molecule has 3 rings (SSSR count). The molecule has 1 saturated heterocycles. The van der Waals surface area contributed by atoms with Crippen molar-refractivity contribution in [2.45, 2.75) is 25.4 Å². The molecule has 2 amide bonds. The predicted molar refractivity (Wildman–Crippen MR) is 79.4 cm³/mol. The Labute approximate surface area is 123 Å². The van der Waals surface area contributed by atoms with Crippen LogP contribution in [0.4, 0.5) is 0 Å². The van der Waals surface area contributed by atoms with Crippen molar-refractivity contribution in [3.63, 3.8) is 0 Å². The third kappa shape index (κ3) is 2.64. The average Bonchev–Trinajstić information content (AvgIpc) is 2.52. The number of imide groups is 1. The lowest BCUT2D eigenvalue weighted by atomic mass is 10.0. The quantitative estimate of drug-likeness (QED) is 0.867. The molecule has 108 valence electrons. The normalized spacial score (nSPS) is 19.3. The number of hydrogen-bond acceptors (Lipinski definition) is 4. The Morgan fingerprint density at radius 2 is 2.19 bits per heavy atom. The molecule has 1 unspecified atom stereocenters. The van der Waals surface area contributed by atoms with Crippen molar-refractivity contribution in [1.82, 2.24) is 15.2 Å². The molecule has 1 aromatic heterocycles. The summed E-state index contributed by atoms with van der Waals surface area (Å²) < 4.78 is 0. The van der Waals surface area contributed by atoms with Gasteiger partial charge in [0.2, 0.25) is 11.8 Å². The minimum absolute atomic E-state index is 0.103. The monoisotopic (exact) mass is 283 g/mol. The third-order valence-electron chi connectivity index (χ3n) is 3.96. The van der Waals surface area contributed by atoms with Crippen LogP contribution in [0.1, 0.15) is 18.4 Å². The second kappa shape index (κ2) is 5.61. The van der Waals surface area contributed by atoms with Crippen LogP contribution in [0.5, 0.6) is 0 Å². The summed E-state index contributed by atoms with van der Waals surface area (Å²) in [5.41, 5.74) is 1.13. The maximum atomic E-state index is 12.1. The highest BCUT2D eigenvalue weighted by molar-refractivity contribution is 6.00. The summed E-state index contributed by atoms with van der Waals surface area (Å²) in [6.07, 6.45) is 4.58. The molecular formula is C16H17N3O2. The Balaban J connectivity index is 1.75.